The number of sulfonamides is 1. The van der Waals surface area contributed by atoms with Crippen LogP contribution in [0.4, 0.5) is 0 Å². The number of hydrogen-bond donors (Lipinski definition) is 0. The van der Waals surface area contributed by atoms with Gasteiger partial charge in [-0.25, -0.2) is 8.42 Å². The molecular weight excluding hydrogens is 695 g/mol. The van der Waals surface area contributed by atoms with E-state index in [2.05, 4.69) is 0 Å². The molecule has 1 heterocycles. The summed E-state index contributed by atoms with van der Waals surface area (Å²) in [6.07, 6.45) is 0. The lowest BCUT2D eigenvalue weighted by Gasteiger charge is -2.34. The van der Waals surface area contributed by atoms with Gasteiger partial charge in [0.15, 0.2) is 5.78 Å². The maximum absolute atomic E-state index is 15.1. The predicted octanol–water partition coefficient (Wildman–Crippen LogP) is 8.48. The number of ketones is 1. The molecular formula is C41H39N2O7PS. The molecule has 1 aliphatic heterocycles. The maximum Gasteiger partial charge on any atom is 0.345 e. The quantitative estimate of drug-likeness (QED) is 0.0970. The number of carbonyl (C=O) groups is 2. The highest BCUT2D eigenvalue weighted by molar-refractivity contribution is 7.89. The van der Waals surface area contributed by atoms with Crippen molar-refractivity contribution in [1.82, 2.24) is 9.21 Å². The summed E-state index contributed by atoms with van der Waals surface area (Å²) in [5, 5.41) is 4.82. The van der Waals surface area contributed by atoms with Crippen LogP contribution in [-0.2, 0) is 23.6 Å². The maximum atomic E-state index is 15.1. The van der Waals surface area contributed by atoms with Gasteiger partial charge in [0.05, 0.1) is 23.7 Å². The number of hydrogen-bond acceptors (Lipinski definition) is 7. The fraction of sp³-hybridized carbons (Fsp3) is 0.220. The summed E-state index contributed by atoms with van der Waals surface area (Å²) in [5.41, 5.74) is -0.658. The summed E-state index contributed by atoms with van der Waals surface area (Å²) in [6.45, 7) is 3.89. The minimum Gasteiger partial charge on any atom is -0.336 e. The SMILES string of the molecule is CCOP(=O)(OCC)C(C(=O)c1cc2ccccc2cc1C(=O)N1CCN(S(=O)(=O)c2ccc3ccccc3c2)CC1)c1cccc2ccccc12. The third kappa shape index (κ3) is 6.69. The number of rotatable bonds is 11. The molecule has 266 valence electrons. The molecule has 1 aliphatic rings. The molecule has 11 heteroatoms. The van der Waals surface area contributed by atoms with Gasteiger partial charge in [0, 0.05) is 31.7 Å². The van der Waals surface area contributed by atoms with Gasteiger partial charge in [-0.2, -0.15) is 4.31 Å². The van der Waals surface area contributed by atoms with Gasteiger partial charge >= 0.3 is 7.60 Å². The van der Waals surface area contributed by atoms with E-state index in [1.807, 2.05) is 78.9 Å². The highest BCUT2D eigenvalue weighted by atomic mass is 32.2. The molecule has 0 aliphatic carbocycles. The lowest BCUT2D eigenvalue weighted by Crippen LogP contribution is -2.50. The number of benzene rings is 6. The van der Waals surface area contributed by atoms with Crippen molar-refractivity contribution in [3.8, 4) is 0 Å². The van der Waals surface area contributed by atoms with Crippen molar-refractivity contribution in [3.05, 3.63) is 138 Å². The van der Waals surface area contributed by atoms with Crippen LogP contribution in [0.5, 0.6) is 0 Å². The average Bonchev–Trinajstić information content (AvgIpc) is 3.17. The molecule has 0 saturated carbocycles. The number of piperazine rings is 1. The van der Waals surface area contributed by atoms with Crippen molar-refractivity contribution in [1.29, 1.82) is 0 Å². The zero-order valence-corrected chi connectivity index (χ0v) is 30.7. The molecule has 9 nitrogen and oxygen atoms in total. The van der Waals surface area contributed by atoms with E-state index in [1.165, 1.54) is 4.31 Å². The summed E-state index contributed by atoms with van der Waals surface area (Å²) in [5.74, 6) is -0.982. The van der Waals surface area contributed by atoms with Gasteiger partial charge in [-0.05, 0) is 76.0 Å². The van der Waals surface area contributed by atoms with Crippen molar-refractivity contribution in [2.45, 2.75) is 24.4 Å². The molecule has 6 aromatic carbocycles. The van der Waals surface area contributed by atoms with E-state index in [4.69, 9.17) is 9.05 Å². The molecule has 1 amide bonds. The first-order valence-electron chi connectivity index (χ1n) is 17.4. The van der Waals surface area contributed by atoms with E-state index in [0.717, 1.165) is 32.3 Å². The Kier molecular flexibility index (Phi) is 10.1. The molecule has 1 fully saturated rings. The standard InChI is InChI=1S/C41H39N2O7PS/c1-3-49-51(46,50-4-2)40(36-19-11-17-30-13-9-10-18-35(30)36)39(44)37-27-32-15-7-8-16-33(32)28-38(37)41(45)42-22-24-43(25-23-42)52(47,48)34-21-20-29-12-5-6-14-31(29)26-34/h5-21,26-28,40H,3-4,22-25H2,1-2H3. The second kappa shape index (κ2) is 14.7. The van der Waals surface area contributed by atoms with E-state index in [-0.39, 0.29) is 55.4 Å². The first kappa shape index (κ1) is 35.7. The highest BCUT2D eigenvalue weighted by Crippen LogP contribution is 2.63. The lowest BCUT2D eigenvalue weighted by atomic mass is 9.92. The molecule has 0 radical (unpaired) electrons. The van der Waals surface area contributed by atoms with Gasteiger partial charge in [-0.3, -0.25) is 14.2 Å². The topological polar surface area (TPSA) is 110 Å². The van der Waals surface area contributed by atoms with Crippen LogP contribution in [0.3, 0.4) is 0 Å². The Bertz CT molecular complexity index is 2460. The first-order valence-corrected chi connectivity index (χ1v) is 20.4. The number of fused-ring (bicyclic) bond motifs is 3. The van der Waals surface area contributed by atoms with E-state index in [0.29, 0.717) is 5.56 Å². The molecule has 0 bridgehead atoms. The molecule has 6 aromatic rings. The van der Waals surface area contributed by atoms with E-state index in [1.54, 1.807) is 61.2 Å². The van der Waals surface area contributed by atoms with Crippen LogP contribution in [-0.4, -0.2) is 68.7 Å². The van der Waals surface area contributed by atoms with Crippen molar-refractivity contribution < 1.29 is 31.6 Å². The summed E-state index contributed by atoms with van der Waals surface area (Å²) in [7, 11) is -7.96. The minimum absolute atomic E-state index is 0.0434. The summed E-state index contributed by atoms with van der Waals surface area (Å²) >= 11 is 0. The van der Waals surface area contributed by atoms with Crippen molar-refractivity contribution >= 4 is 61.6 Å². The van der Waals surface area contributed by atoms with E-state index >= 15 is 4.79 Å². The zero-order valence-electron chi connectivity index (χ0n) is 29.0. The van der Waals surface area contributed by atoms with Crippen LogP contribution in [0.25, 0.3) is 32.3 Å². The molecule has 1 saturated heterocycles. The third-order valence-electron chi connectivity index (χ3n) is 9.57. The monoisotopic (exact) mass is 734 g/mol. The normalized spacial score (nSPS) is 14.9. The van der Waals surface area contributed by atoms with Crippen LogP contribution < -0.4 is 0 Å². The molecule has 0 N–H and O–H groups in total. The van der Waals surface area contributed by atoms with Gasteiger partial charge in [-0.1, -0.05) is 97.1 Å². The Morgan fingerprint density at radius 1 is 0.654 bits per heavy atom. The largest absolute Gasteiger partial charge is 0.345 e. The van der Waals surface area contributed by atoms with Crippen molar-refractivity contribution in [3.63, 3.8) is 0 Å². The lowest BCUT2D eigenvalue weighted by molar-refractivity contribution is 0.0693. The fourth-order valence-electron chi connectivity index (χ4n) is 7.04. The predicted molar refractivity (Wildman–Crippen MR) is 204 cm³/mol. The van der Waals surface area contributed by atoms with E-state index < -0.39 is 35.0 Å². The Morgan fingerprint density at radius 2 is 1.19 bits per heavy atom. The Hall–Kier alpha value is -4.70. The van der Waals surface area contributed by atoms with Crippen LogP contribution >= 0.6 is 7.60 Å². The van der Waals surface area contributed by atoms with Crippen molar-refractivity contribution in [2.24, 2.45) is 0 Å². The average molecular weight is 735 g/mol. The van der Waals surface area contributed by atoms with Crippen LogP contribution in [0.15, 0.2) is 126 Å². The van der Waals surface area contributed by atoms with Crippen LogP contribution in [0.2, 0.25) is 0 Å². The molecule has 1 atom stereocenters. The highest BCUT2D eigenvalue weighted by Gasteiger charge is 2.45. The number of nitrogens with zero attached hydrogens (tertiary/aromatic N) is 2. The summed E-state index contributed by atoms with van der Waals surface area (Å²) in [4.78, 5) is 31.3. The van der Waals surface area contributed by atoms with Gasteiger partial charge in [0.25, 0.3) is 5.91 Å². The minimum atomic E-state index is -4.14. The molecule has 0 aromatic heterocycles. The second-order valence-electron chi connectivity index (χ2n) is 12.7. The number of amides is 1. The Labute approximate surface area is 303 Å². The van der Waals surface area contributed by atoms with Crippen molar-refractivity contribution in [2.75, 3.05) is 39.4 Å². The Balaban J connectivity index is 1.26. The van der Waals surface area contributed by atoms with Gasteiger partial charge in [0.1, 0.15) is 5.66 Å². The first-order chi connectivity index (χ1) is 25.1. The third-order valence-corrected chi connectivity index (χ3v) is 13.8. The molecule has 52 heavy (non-hydrogen) atoms. The Morgan fingerprint density at radius 3 is 1.83 bits per heavy atom. The van der Waals surface area contributed by atoms with Gasteiger partial charge in [-0.15, -0.1) is 0 Å². The zero-order chi connectivity index (χ0) is 36.5. The van der Waals surface area contributed by atoms with Gasteiger partial charge < -0.3 is 13.9 Å². The molecule has 7 rings (SSSR count). The number of Topliss-reactive ketones (excluding diaryl/α,β-unsaturated/α-hetero) is 1. The van der Waals surface area contributed by atoms with Crippen LogP contribution in [0.1, 0.15) is 45.8 Å². The second-order valence-corrected chi connectivity index (χ2v) is 16.7. The smallest absolute Gasteiger partial charge is 0.336 e. The molecule has 0 spiro atoms. The number of carbonyl (C=O) groups excluding carboxylic acids is 2. The van der Waals surface area contributed by atoms with Crippen LogP contribution in [0, 0.1) is 0 Å². The van der Waals surface area contributed by atoms with E-state index in [9.17, 15) is 17.8 Å². The molecule has 1 unspecified atom stereocenters. The fourth-order valence-corrected chi connectivity index (χ4v) is 10.6. The summed E-state index contributed by atoms with van der Waals surface area (Å²) < 4.78 is 55.2. The van der Waals surface area contributed by atoms with Gasteiger partial charge in [0.2, 0.25) is 10.0 Å². The summed E-state index contributed by atoms with van der Waals surface area (Å²) in [6, 6.07) is 36.4.